The standard InChI is InChI=1S/C14H17ClFNO3/c15-12-6-11(16)2-1-9(12)5-14(20)17-4-3-10(8-18)13(19)7-17/h1-2,6,10,13,18-19H,3-5,7-8H2/t10-,13+/m0/s1. The third-order valence-corrected chi connectivity index (χ3v) is 4.02. The summed E-state index contributed by atoms with van der Waals surface area (Å²) in [6, 6.07) is 3.94. The Labute approximate surface area is 121 Å². The minimum Gasteiger partial charge on any atom is -0.396 e. The molecule has 1 aliphatic heterocycles. The van der Waals surface area contributed by atoms with Crippen LogP contribution in [0.5, 0.6) is 0 Å². The highest BCUT2D eigenvalue weighted by molar-refractivity contribution is 6.31. The van der Waals surface area contributed by atoms with Gasteiger partial charge < -0.3 is 15.1 Å². The summed E-state index contributed by atoms with van der Waals surface area (Å²) in [6.45, 7) is 0.635. The molecule has 4 nitrogen and oxygen atoms in total. The average molecular weight is 302 g/mol. The number of rotatable bonds is 3. The van der Waals surface area contributed by atoms with E-state index in [1.807, 2.05) is 0 Å². The Morgan fingerprint density at radius 3 is 2.85 bits per heavy atom. The number of hydrogen-bond acceptors (Lipinski definition) is 3. The Bertz CT molecular complexity index is 497. The monoisotopic (exact) mass is 301 g/mol. The molecule has 1 heterocycles. The fraction of sp³-hybridized carbons (Fsp3) is 0.500. The number of aliphatic hydroxyl groups excluding tert-OH is 2. The van der Waals surface area contributed by atoms with E-state index in [2.05, 4.69) is 0 Å². The summed E-state index contributed by atoms with van der Waals surface area (Å²) in [5, 5.41) is 19.1. The number of nitrogens with zero attached hydrogens (tertiary/aromatic N) is 1. The third kappa shape index (κ3) is 3.48. The lowest BCUT2D eigenvalue weighted by molar-refractivity contribution is -0.135. The fourth-order valence-corrected chi connectivity index (χ4v) is 2.59. The first-order valence-corrected chi connectivity index (χ1v) is 6.89. The number of hydrogen-bond donors (Lipinski definition) is 2. The largest absolute Gasteiger partial charge is 0.396 e. The molecule has 1 aromatic rings. The summed E-state index contributed by atoms with van der Waals surface area (Å²) < 4.78 is 12.9. The van der Waals surface area contributed by atoms with Gasteiger partial charge in [-0.2, -0.15) is 0 Å². The van der Waals surface area contributed by atoms with Gasteiger partial charge in [0.25, 0.3) is 0 Å². The van der Waals surface area contributed by atoms with E-state index in [4.69, 9.17) is 16.7 Å². The summed E-state index contributed by atoms with van der Waals surface area (Å²) in [4.78, 5) is 13.7. The van der Waals surface area contributed by atoms with Gasteiger partial charge in [0.2, 0.25) is 5.91 Å². The van der Waals surface area contributed by atoms with Crippen LogP contribution in [0, 0.1) is 11.7 Å². The van der Waals surface area contributed by atoms with E-state index in [-0.39, 0.29) is 36.4 Å². The molecule has 0 aromatic heterocycles. The second-order valence-corrected chi connectivity index (χ2v) is 5.46. The number of likely N-dealkylation sites (tertiary alicyclic amines) is 1. The van der Waals surface area contributed by atoms with E-state index in [0.29, 0.717) is 18.5 Å². The highest BCUT2D eigenvalue weighted by atomic mass is 35.5. The number of piperidine rings is 1. The molecule has 0 saturated carbocycles. The molecular formula is C14H17ClFNO3. The Hall–Kier alpha value is -1.17. The van der Waals surface area contributed by atoms with Gasteiger partial charge in [0.1, 0.15) is 5.82 Å². The van der Waals surface area contributed by atoms with Crippen LogP contribution in [0.1, 0.15) is 12.0 Å². The molecule has 6 heteroatoms. The van der Waals surface area contributed by atoms with Crippen LogP contribution in [-0.4, -0.2) is 46.8 Å². The predicted molar refractivity (Wildman–Crippen MR) is 72.9 cm³/mol. The lowest BCUT2D eigenvalue weighted by atomic mass is 9.94. The van der Waals surface area contributed by atoms with Crippen LogP contribution in [0.2, 0.25) is 5.02 Å². The first-order chi connectivity index (χ1) is 9.51. The zero-order valence-corrected chi connectivity index (χ0v) is 11.7. The number of carbonyl (C=O) groups excluding carboxylic acids is 1. The van der Waals surface area contributed by atoms with E-state index in [9.17, 15) is 14.3 Å². The number of halogens is 2. The van der Waals surface area contributed by atoms with Crippen molar-refractivity contribution in [2.45, 2.75) is 18.9 Å². The molecule has 1 amide bonds. The van der Waals surface area contributed by atoms with Crippen molar-refractivity contribution in [3.8, 4) is 0 Å². The van der Waals surface area contributed by atoms with Crippen molar-refractivity contribution in [2.24, 2.45) is 5.92 Å². The van der Waals surface area contributed by atoms with Gasteiger partial charge in [0.05, 0.1) is 12.5 Å². The molecule has 1 saturated heterocycles. The minimum absolute atomic E-state index is 0.0764. The summed E-state index contributed by atoms with van der Waals surface area (Å²) >= 11 is 5.89. The maximum Gasteiger partial charge on any atom is 0.227 e. The van der Waals surface area contributed by atoms with Gasteiger partial charge in [-0.15, -0.1) is 0 Å². The molecule has 1 aromatic carbocycles. The van der Waals surface area contributed by atoms with Crippen LogP contribution in [0.15, 0.2) is 18.2 Å². The number of amides is 1. The van der Waals surface area contributed by atoms with Gasteiger partial charge in [-0.3, -0.25) is 4.79 Å². The molecule has 1 fully saturated rings. The minimum atomic E-state index is -0.707. The van der Waals surface area contributed by atoms with Gasteiger partial charge in [-0.25, -0.2) is 4.39 Å². The van der Waals surface area contributed by atoms with Crippen LogP contribution in [0.4, 0.5) is 4.39 Å². The molecule has 0 spiro atoms. The Morgan fingerprint density at radius 1 is 1.50 bits per heavy atom. The van der Waals surface area contributed by atoms with Gasteiger partial charge in [-0.1, -0.05) is 17.7 Å². The molecule has 0 radical (unpaired) electrons. The van der Waals surface area contributed by atoms with Crippen molar-refractivity contribution in [2.75, 3.05) is 19.7 Å². The molecule has 0 aliphatic carbocycles. The Morgan fingerprint density at radius 2 is 2.25 bits per heavy atom. The van der Waals surface area contributed by atoms with E-state index in [1.165, 1.54) is 18.2 Å². The predicted octanol–water partition coefficient (Wildman–Crippen LogP) is 1.22. The summed E-state index contributed by atoms with van der Waals surface area (Å²) in [7, 11) is 0. The van der Waals surface area contributed by atoms with Crippen LogP contribution >= 0.6 is 11.6 Å². The van der Waals surface area contributed by atoms with Crippen LogP contribution < -0.4 is 0 Å². The average Bonchev–Trinajstić information content (AvgIpc) is 2.41. The van der Waals surface area contributed by atoms with Crippen molar-refractivity contribution in [1.82, 2.24) is 4.90 Å². The quantitative estimate of drug-likeness (QED) is 0.882. The summed E-state index contributed by atoms with van der Waals surface area (Å²) in [6.07, 6.45) is -0.0581. The van der Waals surface area contributed by atoms with Gasteiger partial charge in [0, 0.05) is 30.6 Å². The number of benzene rings is 1. The summed E-state index contributed by atoms with van der Waals surface area (Å²) in [5.41, 5.74) is 0.567. The highest BCUT2D eigenvalue weighted by Gasteiger charge is 2.29. The summed E-state index contributed by atoms with van der Waals surface area (Å²) in [5.74, 6) is -0.771. The van der Waals surface area contributed by atoms with Gasteiger partial charge in [0.15, 0.2) is 0 Å². The Balaban J connectivity index is 1.98. The van der Waals surface area contributed by atoms with Gasteiger partial charge in [-0.05, 0) is 24.1 Å². The topological polar surface area (TPSA) is 60.8 Å². The second-order valence-electron chi connectivity index (χ2n) is 5.05. The maximum atomic E-state index is 12.9. The van der Waals surface area contributed by atoms with E-state index >= 15 is 0 Å². The van der Waals surface area contributed by atoms with E-state index in [0.717, 1.165) is 0 Å². The molecule has 2 rings (SSSR count). The molecule has 0 unspecified atom stereocenters. The van der Waals surface area contributed by atoms with Crippen molar-refractivity contribution in [1.29, 1.82) is 0 Å². The molecule has 0 bridgehead atoms. The number of carbonyl (C=O) groups is 1. The molecule has 2 N–H and O–H groups in total. The fourth-order valence-electron chi connectivity index (χ4n) is 2.36. The van der Waals surface area contributed by atoms with E-state index in [1.54, 1.807) is 4.90 Å². The Kier molecular flexibility index (Phi) is 4.96. The van der Waals surface area contributed by atoms with Crippen molar-refractivity contribution in [3.63, 3.8) is 0 Å². The zero-order chi connectivity index (χ0) is 14.7. The second kappa shape index (κ2) is 6.52. The smallest absolute Gasteiger partial charge is 0.227 e. The van der Waals surface area contributed by atoms with Gasteiger partial charge >= 0.3 is 0 Å². The SMILES string of the molecule is O=C(Cc1ccc(F)cc1Cl)N1CC[C@@H](CO)[C@H](O)C1. The number of β-amino-alcohol motifs (C(OH)–C–C–N with tert-alkyl or cyclic N) is 1. The lowest BCUT2D eigenvalue weighted by Gasteiger charge is -2.35. The van der Waals surface area contributed by atoms with Crippen LogP contribution in [0.25, 0.3) is 0 Å². The van der Waals surface area contributed by atoms with Crippen molar-refractivity contribution >= 4 is 17.5 Å². The maximum absolute atomic E-state index is 12.9. The number of aliphatic hydroxyl groups is 2. The molecule has 1 aliphatic rings. The zero-order valence-electron chi connectivity index (χ0n) is 10.9. The molecule has 20 heavy (non-hydrogen) atoms. The third-order valence-electron chi connectivity index (χ3n) is 3.67. The first kappa shape index (κ1) is 15.2. The molecular weight excluding hydrogens is 285 g/mol. The normalized spacial score (nSPS) is 22.9. The molecule has 110 valence electrons. The molecule has 2 atom stereocenters. The van der Waals surface area contributed by atoms with Crippen molar-refractivity contribution in [3.05, 3.63) is 34.6 Å². The lowest BCUT2D eigenvalue weighted by Crippen LogP contribution is -2.48. The van der Waals surface area contributed by atoms with E-state index < -0.39 is 11.9 Å². The van der Waals surface area contributed by atoms with Crippen LogP contribution in [-0.2, 0) is 11.2 Å². The van der Waals surface area contributed by atoms with Crippen LogP contribution in [0.3, 0.4) is 0 Å². The first-order valence-electron chi connectivity index (χ1n) is 6.52. The highest BCUT2D eigenvalue weighted by Crippen LogP contribution is 2.21. The van der Waals surface area contributed by atoms with Crippen molar-refractivity contribution < 1.29 is 19.4 Å².